The Morgan fingerprint density at radius 2 is 1.75 bits per heavy atom. The topological polar surface area (TPSA) is 46.3 Å². The number of rotatable bonds is 1. The zero-order valence-electron chi connectivity index (χ0n) is 10.6. The van der Waals surface area contributed by atoms with Crippen molar-refractivity contribution in [3.8, 4) is 0 Å². The van der Waals surface area contributed by atoms with E-state index in [0.29, 0.717) is 5.91 Å². The molecule has 94 valence electrons. The number of likely N-dealkylation sites (tertiary alicyclic amines) is 1. The predicted molar refractivity (Wildman–Crippen MR) is 67.5 cm³/mol. The molecule has 1 aliphatic heterocycles. The quantitative estimate of drug-likeness (QED) is 0.765. The number of halogens is 1. The lowest BCUT2D eigenvalue weighted by Crippen LogP contribution is -2.34. The molecule has 1 amide bonds. The highest BCUT2D eigenvalue weighted by atomic mass is 35.5. The summed E-state index contributed by atoms with van der Waals surface area (Å²) in [4.78, 5) is 14.2. The third kappa shape index (κ3) is 1.74. The number of hydrogen-bond donors (Lipinski definition) is 1. The van der Waals surface area contributed by atoms with Crippen LogP contribution in [0.3, 0.4) is 0 Å². The van der Waals surface area contributed by atoms with Gasteiger partial charge in [-0.1, -0.05) is 27.7 Å². The number of nitrogens with zero attached hydrogens (tertiary/aromatic N) is 1. The summed E-state index contributed by atoms with van der Waals surface area (Å²) < 4.78 is 0. The first-order valence-electron chi connectivity index (χ1n) is 5.83. The number of nitrogens with two attached hydrogens (primary N) is 1. The first kappa shape index (κ1) is 13.8. The van der Waals surface area contributed by atoms with Gasteiger partial charge in [0.15, 0.2) is 0 Å². The first-order valence-corrected chi connectivity index (χ1v) is 5.83. The fourth-order valence-electron chi connectivity index (χ4n) is 2.98. The monoisotopic (exact) mass is 246 g/mol. The maximum atomic E-state index is 12.3. The Hall–Kier alpha value is -0.280. The van der Waals surface area contributed by atoms with Crippen molar-refractivity contribution < 1.29 is 4.79 Å². The summed E-state index contributed by atoms with van der Waals surface area (Å²) in [6.45, 7) is 10.3. The van der Waals surface area contributed by atoms with Gasteiger partial charge in [0.25, 0.3) is 0 Å². The molecule has 1 saturated heterocycles. The van der Waals surface area contributed by atoms with Crippen LogP contribution in [0.25, 0.3) is 0 Å². The Bertz CT molecular complexity index is 287. The summed E-state index contributed by atoms with van der Waals surface area (Å²) in [6, 6.07) is 0.193. The largest absolute Gasteiger partial charge is 0.341 e. The van der Waals surface area contributed by atoms with E-state index in [1.54, 1.807) is 0 Å². The average molecular weight is 247 g/mol. The van der Waals surface area contributed by atoms with Crippen LogP contribution in [-0.4, -0.2) is 29.9 Å². The Morgan fingerprint density at radius 3 is 2.06 bits per heavy atom. The number of carbonyl (C=O) groups is 1. The van der Waals surface area contributed by atoms with Gasteiger partial charge in [-0.05, 0) is 17.3 Å². The first-order chi connectivity index (χ1) is 6.78. The Kier molecular flexibility index (Phi) is 3.34. The normalized spacial score (nSPS) is 31.1. The molecular weight excluding hydrogens is 224 g/mol. The van der Waals surface area contributed by atoms with Gasteiger partial charge in [-0.25, -0.2) is 0 Å². The molecule has 4 heteroatoms. The van der Waals surface area contributed by atoms with Crippen molar-refractivity contribution >= 4 is 18.3 Å². The second-order valence-corrected chi connectivity index (χ2v) is 6.21. The standard InChI is InChI=1S/C12H22N2O.ClH/c1-11(2)9(12(11,3)4)10(15)14-6-5-8(13)7-14;/h8-9H,5-7,13H2,1-4H3;1H/t8-;/m1./s1. The van der Waals surface area contributed by atoms with Crippen LogP contribution < -0.4 is 5.73 Å². The third-order valence-corrected chi connectivity index (χ3v) is 4.80. The van der Waals surface area contributed by atoms with Gasteiger partial charge in [-0.2, -0.15) is 0 Å². The van der Waals surface area contributed by atoms with Gasteiger partial charge in [0.1, 0.15) is 0 Å². The second-order valence-electron chi connectivity index (χ2n) is 6.21. The van der Waals surface area contributed by atoms with E-state index in [0.717, 1.165) is 19.5 Å². The van der Waals surface area contributed by atoms with Crippen LogP contribution in [0.15, 0.2) is 0 Å². The van der Waals surface area contributed by atoms with Crippen LogP contribution in [0.4, 0.5) is 0 Å². The smallest absolute Gasteiger partial charge is 0.226 e. The molecule has 2 fully saturated rings. The molecule has 16 heavy (non-hydrogen) atoms. The van der Waals surface area contributed by atoms with Gasteiger partial charge in [0.2, 0.25) is 5.91 Å². The molecule has 0 aromatic rings. The van der Waals surface area contributed by atoms with Crippen LogP contribution in [0, 0.1) is 16.7 Å². The second kappa shape index (κ2) is 3.88. The van der Waals surface area contributed by atoms with Crippen molar-refractivity contribution in [2.45, 2.75) is 40.2 Å². The lowest BCUT2D eigenvalue weighted by Gasteiger charge is -2.16. The molecule has 1 saturated carbocycles. The van der Waals surface area contributed by atoms with Gasteiger partial charge < -0.3 is 10.6 Å². The third-order valence-electron chi connectivity index (χ3n) is 4.80. The van der Waals surface area contributed by atoms with Crippen LogP contribution >= 0.6 is 12.4 Å². The van der Waals surface area contributed by atoms with Crippen molar-refractivity contribution in [1.82, 2.24) is 4.90 Å². The maximum absolute atomic E-state index is 12.3. The molecule has 0 bridgehead atoms. The van der Waals surface area contributed by atoms with Gasteiger partial charge in [-0.3, -0.25) is 4.79 Å². The van der Waals surface area contributed by atoms with E-state index in [-0.39, 0.29) is 35.2 Å². The molecule has 0 unspecified atom stereocenters. The van der Waals surface area contributed by atoms with Crippen molar-refractivity contribution in [2.75, 3.05) is 13.1 Å². The van der Waals surface area contributed by atoms with Crippen LogP contribution in [0.2, 0.25) is 0 Å². The van der Waals surface area contributed by atoms with E-state index in [9.17, 15) is 4.79 Å². The molecule has 0 radical (unpaired) electrons. The molecule has 2 rings (SSSR count). The van der Waals surface area contributed by atoms with Gasteiger partial charge >= 0.3 is 0 Å². The SMILES string of the molecule is CC1(C)C(C(=O)N2CC[C@@H](N)C2)C1(C)C.Cl. The molecule has 2 aliphatic rings. The summed E-state index contributed by atoms with van der Waals surface area (Å²) in [5.41, 5.74) is 6.12. The Morgan fingerprint density at radius 1 is 1.25 bits per heavy atom. The van der Waals surface area contributed by atoms with Crippen molar-refractivity contribution in [1.29, 1.82) is 0 Å². The lowest BCUT2D eigenvalue weighted by atomic mass is 10.0. The Balaban J connectivity index is 0.00000128. The summed E-state index contributed by atoms with van der Waals surface area (Å²) in [7, 11) is 0. The van der Waals surface area contributed by atoms with Crippen LogP contribution in [0.5, 0.6) is 0 Å². The van der Waals surface area contributed by atoms with Crippen molar-refractivity contribution in [3.05, 3.63) is 0 Å². The number of amides is 1. The molecule has 2 N–H and O–H groups in total. The average Bonchev–Trinajstić information content (AvgIpc) is 2.49. The van der Waals surface area contributed by atoms with Gasteiger partial charge in [-0.15, -0.1) is 12.4 Å². The molecule has 1 atom stereocenters. The number of carbonyl (C=O) groups excluding carboxylic acids is 1. The van der Waals surface area contributed by atoms with Crippen LogP contribution in [0.1, 0.15) is 34.1 Å². The van der Waals surface area contributed by atoms with Gasteiger partial charge in [0, 0.05) is 25.0 Å². The molecule has 3 nitrogen and oxygen atoms in total. The maximum Gasteiger partial charge on any atom is 0.226 e. The minimum absolute atomic E-state index is 0. The highest BCUT2D eigenvalue weighted by Gasteiger charge is 2.68. The molecule has 0 aromatic carbocycles. The molecular formula is C12H23ClN2O. The zero-order chi connectivity index (χ0) is 11.4. The number of hydrogen-bond acceptors (Lipinski definition) is 2. The minimum atomic E-state index is 0. The minimum Gasteiger partial charge on any atom is -0.341 e. The van der Waals surface area contributed by atoms with E-state index < -0.39 is 0 Å². The van der Waals surface area contributed by atoms with E-state index in [1.165, 1.54) is 0 Å². The highest BCUT2D eigenvalue weighted by Crippen LogP contribution is 2.68. The lowest BCUT2D eigenvalue weighted by molar-refractivity contribution is -0.132. The fourth-order valence-corrected chi connectivity index (χ4v) is 2.98. The Labute approximate surface area is 104 Å². The summed E-state index contributed by atoms with van der Waals surface area (Å²) in [6.07, 6.45) is 0.958. The van der Waals surface area contributed by atoms with E-state index in [2.05, 4.69) is 27.7 Å². The van der Waals surface area contributed by atoms with Crippen molar-refractivity contribution in [2.24, 2.45) is 22.5 Å². The van der Waals surface area contributed by atoms with E-state index >= 15 is 0 Å². The van der Waals surface area contributed by atoms with Crippen LogP contribution in [-0.2, 0) is 4.79 Å². The van der Waals surface area contributed by atoms with E-state index in [4.69, 9.17) is 5.73 Å². The molecule has 1 aliphatic carbocycles. The highest BCUT2D eigenvalue weighted by molar-refractivity contribution is 5.85. The predicted octanol–water partition coefficient (Wildman–Crippen LogP) is 1.65. The molecule has 0 aromatic heterocycles. The van der Waals surface area contributed by atoms with Crippen molar-refractivity contribution in [3.63, 3.8) is 0 Å². The summed E-state index contributed by atoms with van der Waals surface area (Å²) in [5.74, 6) is 0.508. The van der Waals surface area contributed by atoms with E-state index in [1.807, 2.05) is 4.90 Å². The summed E-state index contributed by atoms with van der Waals surface area (Å²) in [5, 5.41) is 0. The molecule has 1 heterocycles. The molecule has 0 spiro atoms. The summed E-state index contributed by atoms with van der Waals surface area (Å²) >= 11 is 0. The van der Waals surface area contributed by atoms with Gasteiger partial charge in [0.05, 0.1) is 0 Å². The fraction of sp³-hybridized carbons (Fsp3) is 0.917. The zero-order valence-corrected chi connectivity index (χ0v) is 11.4.